The maximum absolute atomic E-state index is 11.9. The van der Waals surface area contributed by atoms with Crippen molar-refractivity contribution >= 4 is 11.6 Å². The van der Waals surface area contributed by atoms with Crippen molar-refractivity contribution in [1.82, 2.24) is 5.32 Å². The third kappa shape index (κ3) is 4.12. The minimum atomic E-state index is 0.0371. The molecule has 3 heteroatoms. The zero-order valence-electron chi connectivity index (χ0n) is 11.7. The highest BCUT2D eigenvalue weighted by Gasteiger charge is 2.08. The number of nitrogen functional groups attached to an aromatic ring is 1. The molecule has 1 atom stereocenters. The Morgan fingerprint density at radius 1 is 1.10 bits per heavy atom. The predicted molar refractivity (Wildman–Crippen MR) is 82.2 cm³/mol. The van der Waals surface area contributed by atoms with E-state index in [0.717, 1.165) is 23.2 Å². The van der Waals surface area contributed by atoms with Gasteiger partial charge >= 0.3 is 0 Å². The molecule has 0 fully saturated rings. The minimum absolute atomic E-state index is 0.0371. The van der Waals surface area contributed by atoms with Crippen molar-refractivity contribution in [3.05, 3.63) is 65.7 Å². The Kier molecular flexibility index (Phi) is 4.77. The summed E-state index contributed by atoms with van der Waals surface area (Å²) in [5.41, 5.74) is 8.63. The lowest BCUT2D eigenvalue weighted by molar-refractivity contribution is -0.121. The number of aryl methyl sites for hydroxylation is 1. The summed E-state index contributed by atoms with van der Waals surface area (Å²) in [4.78, 5) is 11.9. The molecule has 2 aromatic carbocycles. The number of anilines is 1. The Morgan fingerprint density at radius 3 is 2.40 bits per heavy atom. The van der Waals surface area contributed by atoms with Crippen LogP contribution in [0, 0.1) is 0 Å². The van der Waals surface area contributed by atoms with Gasteiger partial charge in [-0.2, -0.15) is 0 Å². The molecular weight excluding hydrogens is 248 g/mol. The van der Waals surface area contributed by atoms with Gasteiger partial charge in [-0.15, -0.1) is 0 Å². The van der Waals surface area contributed by atoms with E-state index in [1.165, 1.54) is 0 Å². The van der Waals surface area contributed by atoms with Crippen LogP contribution in [0.4, 0.5) is 5.69 Å². The fourth-order valence-electron chi connectivity index (χ4n) is 2.08. The van der Waals surface area contributed by atoms with Crippen molar-refractivity contribution in [2.24, 2.45) is 0 Å². The van der Waals surface area contributed by atoms with Crippen molar-refractivity contribution in [3.8, 4) is 0 Å². The van der Waals surface area contributed by atoms with Gasteiger partial charge in [-0.25, -0.2) is 0 Å². The lowest BCUT2D eigenvalue weighted by Crippen LogP contribution is -2.26. The maximum Gasteiger partial charge on any atom is 0.220 e. The second kappa shape index (κ2) is 6.75. The van der Waals surface area contributed by atoms with E-state index < -0.39 is 0 Å². The van der Waals surface area contributed by atoms with Crippen LogP contribution in [0.1, 0.15) is 30.5 Å². The minimum Gasteiger partial charge on any atom is -0.399 e. The number of nitrogens with two attached hydrogens (primary N) is 1. The van der Waals surface area contributed by atoms with Crippen molar-refractivity contribution in [2.45, 2.75) is 25.8 Å². The van der Waals surface area contributed by atoms with Gasteiger partial charge in [0.2, 0.25) is 5.91 Å². The molecule has 0 saturated heterocycles. The van der Waals surface area contributed by atoms with Crippen LogP contribution in [0.2, 0.25) is 0 Å². The molecule has 0 aliphatic heterocycles. The first-order valence-corrected chi connectivity index (χ1v) is 6.84. The summed E-state index contributed by atoms with van der Waals surface area (Å²) >= 11 is 0. The highest BCUT2D eigenvalue weighted by atomic mass is 16.1. The van der Waals surface area contributed by atoms with E-state index >= 15 is 0 Å². The Bertz CT molecular complexity index is 549. The third-order valence-electron chi connectivity index (χ3n) is 3.30. The van der Waals surface area contributed by atoms with Crippen molar-refractivity contribution in [1.29, 1.82) is 0 Å². The average molecular weight is 268 g/mol. The number of nitrogens with one attached hydrogen (secondary N) is 1. The first kappa shape index (κ1) is 14.1. The Hall–Kier alpha value is -2.29. The molecule has 0 heterocycles. The fraction of sp³-hybridized carbons (Fsp3) is 0.235. The highest BCUT2D eigenvalue weighted by molar-refractivity contribution is 5.76. The maximum atomic E-state index is 11.9. The van der Waals surface area contributed by atoms with Crippen LogP contribution in [-0.2, 0) is 11.2 Å². The summed E-state index contributed by atoms with van der Waals surface area (Å²) in [6.45, 7) is 2.00. The fourth-order valence-corrected chi connectivity index (χ4v) is 2.08. The lowest BCUT2D eigenvalue weighted by Gasteiger charge is -2.14. The predicted octanol–water partition coefficient (Wildman–Crippen LogP) is 3.08. The molecule has 0 bridgehead atoms. The Labute approximate surface area is 119 Å². The standard InChI is InChI=1S/C17H20N2O/c1-13(15-5-3-2-4-6-15)19-17(20)12-9-14-7-10-16(18)11-8-14/h2-8,10-11,13H,9,12,18H2,1H3,(H,19,20)/t13-/m0/s1. The number of carbonyl (C=O) groups excluding carboxylic acids is 1. The topological polar surface area (TPSA) is 55.1 Å². The summed E-state index contributed by atoms with van der Waals surface area (Å²) in [7, 11) is 0. The molecule has 2 rings (SSSR count). The summed E-state index contributed by atoms with van der Waals surface area (Å²) in [6.07, 6.45) is 1.22. The number of hydrogen-bond acceptors (Lipinski definition) is 2. The molecule has 0 spiro atoms. The molecule has 0 aromatic heterocycles. The molecular formula is C17H20N2O. The smallest absolute Gasteiger partial charge is 0.220 e. The van der Waals surface area contributed by atoms with Crippen molar-refractivity contribution in [3.63, 3.8) is 0 Å². The van der Waals surface area contributed by atoms with E-state index in [1.54, 1.807) is 0 Å². The highest BCUT2D eigenvalue weighted by Crippen LogP contribution is 2.12. The first-order chi connectivity index (χ1) is 9.65. The largest absolute Gasteiger partial charge is 0.399 e. The summed E-state index contributed by atoms with van der Waals surface area (Å²) in [5, 5.41) is 3.01. The molecule has 1 amide bonds. The zero-order chi connectivity index (χ0) is 14.4. The van der Waals surface area contributed by atoms with Gasteiger partial charge in [0.15, 0.2) is 0 Å². The summed E-state index contributed by atoms with van der Waals surface area (Å²) < 4.78 is 0. The SMILES string of the molecule is C[C@H](NC(=O)CCc1ccc(N)cc1)c1ccccc1. The molecule has 104 valence electrons. The molecule has 0 aliphatic rings. The Morgan fingerprint density at radius 2 is 1.75 bits per heavy atom. The Balaban J connectivity index is 1.82. The van der Waals surface area contributed by atoms with Gasteiger partial charge in [-0.3, -0.25) is 4.79 Å². The van der Waals surface area contributed by atoms with Gasteiger partial charge in [0.1, 0.15) is 0 Å². The van der Waals surface area contributed by atoms with E-state index in [4.69, 9.17) is 5.73 Å². The van der Waals surface area contributed by atoms with E-state index in [2.05, 4.69) is 5.32 Å². The van der Waals surface area contributed by atoms with Gasteiger partial charge in [-0.1, -0.05) is 42.5 Å². The quantitative estimate of drug-likeness (QED) is 0.819. The molecule has 0 aliphatic carbocycles. The van der Waals surface area contributed by atoms with Gasteiger partial charge < -0.3 is 11.1 Å². The van der Waals surface area contributed by atoms with E-state index in [-0.39, 0.29) is 11.9 Å². The summed E-state index contributed by atoms with van der Waals surface area (Å²) in [5.74, 6) is 0.0678. The average Bonchev–Trinajstić information content (AvgIpc) is 2.47. The number of benzene rings is 2. The van der Waals surface area contributed by atoms with Gasteiger partial charge in [-0.05, 0) is 36.6 Å². The second-order valence-electron chi connectivity index (χ2n) is 4.94. The van der Waals surface area contributed by atoms with Crippen LogP contribution >= 0.6 is 0 Å². The zero-order valence-corrected chi connectivity index (χ0v) is 11.7. The monoisotopic (exact) mass is 268 g/mol. The summed E-state index contributed by atoms with van der Waals surface area (Å²) in [6, 6.07) is 17.6. The molecule has 3 nitrogen and oxygen atoms in total. The van der Waals surface area contributed by atoms with Crippen molar-refractivity contribution < 1.29 is 4.79 Å². The molecule has 0 radical (unpaired) electrons. The van der Waals surface area contributed by atoms with E-state index in [9.17, 15) is 4.79 Å². The molecule has 0 saturated carbocycles. The number of rotatable bonds is 5. The van der Waals surface area contributed by atoms with E-state index in [0.29, 0.717) is 6.42 Å². The normalized spacial score (nSPS) is 11.8. The van der Waals surface area contributed by atoms with Gasteiger partial charge in [0.25, 0.3) is 0 Å². The first-order valence-electron chi connectivity index (χ1n) is 6.84. The van der Waals surface area contributed by atoms with E-state index in [1.807, 2.05) is 61.5 Å². The van der Waals surface area contributed by atoms with Crippen LogP contribution in [0.5, 0.6) is 0 Å². The van der Waals surface area contributed by atoms with Crippen LogP contribution in [0.3, 0.4) is 0 Å². The molecule has 20 heavy (non-hydrogen) atoms. The third-order valence-corrected chi connectivity index (χ3v) is 3.30. The second-order valence-corrected chi connectivity index (χ2v) is 4.94. The van der Waals surface area contributed by atoms with Crippen LogP contribution in [0.25, 0.3) is 0 Å². The molecule has 2 aromatic rings. The number of carbonyl (C=O) groups is 1. The van der Waals surface area contributed by atoms with Gasteiger partial charge in [0, 0.05) is 12.1 Å². The van der Waals surface area contributed by atoms with Crippen LogP contribution in [0.15, 0.2) is 54.6 Å². The van der Waals surface area contributed by atoms with Gasteiger partial charge in [0.05, 0.1) is 6.04 Å². The molecule has 0 unspecified atom stereocenters. The lowest BCUT2D eigenvalue weighted by atomic mass is 10.1. The van der Waals surface area contributed by atoms with Crippen LogP contribution in [-0.4, -0.2) is 5.91 Å². The van der Waals surface area contributed by atoms with Crippen molar-refractivity contribution in [2.75, 3.05) is 5.73 Å². The number of amides is 1. The van der Waals surface area contributed by atoms with Crippen LogP contribution < -0.4 is 11.1 Å². The number of hydrogen-bond donors (Lipinski definition) is 2. The molecule has 3 N–H and O–H groups in total.